The summed E-state index contributed by atoms with van der Waals surface area (Å²) in [5.41, 5.74) is 0.564. The fraction of sp³-hybridized carbons (Fsp3) is 0.263. The molecule has 138 valence electrons. The first-order valence-electron chi connectivity index (χ1n) is 8.71. The van der Waals surface area contributed by atoms with Gasteiger partial charge in [0.05, 0.1) is 29.5 Å². The molecule has 7 nitrogen and oxygen atoms in total. The van der Waals surface area contributed by atoms with Crippen molar-refractivity contribution in [3.8, 4) is 0 Å². The van der Waals surface area contributed by atoms with Crippen LogP contribution in [0.5, 0.6) is 0 Å². The zero-order chi connectivity index (χ0) is 18.6. The first-order valence-corrected chi connectivity index (χ1v) is 9.69. The van der Waals surface area contributed by atoms with E-state index in [2.05, 4.69) is 22.0 Å². The molecule has 0 radical (unpaired) electrons. The quantitative estimate of drug-likeness (QED) is 0.356. The molecular formula is C19H18N4O3S. The van der Waals surface area contributed by atoms with Crippen LogP contribution in [0, 0.1) is 0 Å². The summed E-state index contributed by atoms with van der Waals surface area (Å²) in [4.78, 5) is 22.0. The van der Waals surface area contributed by atoms with Crippen LogP contribution < -0.4 is 5.56 Å². The third kappa shape index (κ3) is 3.80. The van der Waals surface area contributed by atoms with Gasteiger partial charge in [-0.3, -0.25) is 9.36 Å². The lowest BCUT2D eigenvalue weighted by Gasteiger charge is -2.11. The normalized spacial score (nSPS) is 11.3. The third-order valence-electron chi connectivity index (χ3n) is 4.03. The van der Waals surface area contributed by atoms with Crippen LogP contribution in [0.25, 0.3) is 10.9 Å². The highest BCUT2D eigenvalue weighted by molar-refractivity contribution is 7.98. The molecule has 8 heteroatoms. The third-order valence-corrected chi connectivity index (χ3v) is 4.99. The molecule has 0 aliphatic heterocycles. The Hall–Kier alpha value is -2.87. The maximum absolute atomic E-state index is 13.0. The van der Waals surface area contributed by atoms with Gasteiger partial charge in [-0.1, -0.05) is 36.0 Å². The van der Waals surface area contributed by atoms with Gasteiger partial charge in [0.25, 0.3) is 5.56 Å². The van der Waals surface area contributed by atoms with E-state index in [1.807, 2.05) is 24.3 Å². The van der Waals surface area contributed by atoms with E-state index >= 15 is 0 Å². The van der Waals surface area contributed by atoms with Gasteiger partial charge in [0, 0.05) is 6.42 Å². The summed E-state index contributed by atoms with van der Waals surface area (Å²) >= 11 is 1.40. The van der Waals surface area contributed by atoms with Gasteiger partial charge >= 0.3 is 0 Å². The minimum atomic E-state index is -0.100. The van der Waals surface area contributed by atoms with E-state index in [9.17, 15) is 4.79 Å². The van der Waals surface area contributed by atoms with Crippen LogP contribution in [0.1, 0.15) is 30.8 Å². The predicted molar refractivity (Wildman–Crippen MR) is 102 cm³/mol. The smallest absolute Gasteiger partial charge is 0.262 e. The Morgan fingerprint density at radius 3 is 2.85 bits per heavy atom. The molecule has 4 aromatic rings. The topological polar surface area (TPSA) is 87.0 Å². The number of furan rings is 1. The van der Waals surface area contributed by atoms with E-state index in [1.54, 1.807) is 23.0 Å². The number of aryl methyl sites for hydroxylation is 1. The second-order valence-electron chi connectivity index (χ2n) is 6.03. The monoisotopic (exact) mass is 382 g/mol. The number of benzene rings is 1. The van der Waals surface area contributed by atoms with Gasteiger partial charge in [0.1, 0.15) is 5.76 Å². The van der Waals surface area contributed by atoms with Gasteiger partial charge < -0.3 is 8.94 Å². The average Bonchev–Trinajstić information content (AvgIpc) is 3.35. The predicted octanol–water partition coefficient (Wildman–Crippen LogP) is 3.67. The van der Waals surface area contributed by atoms with Crippen LogP contribution in [0.4, 0.5) is 0 Å². The van der Waals surface area contributed by atoms with Crippen molar-refractivity contribution < 1.29 is 8.94 Å². The fourth-order valence-corrected chi connectivity index (χ4v) is 3.59. The van der Waals surface area contributed by atoms with Gasteiger partial charge in [-0.05, 0) is 30.7 Å². The Morgan fingerprint density at radius 2 is 2.04 bits per heavy atom. The van der Waals surface area contributed by atoms with Crippen LogP contribution in [-0.2, 0) is 18.7 Å². The zero-order valence-corrected chi connectivity index (χ0v) is 15.6. The summed E-state index contributed by atoms with van der Waals surface area (Å²) in [5.74, 6) is 2.36. The molecule has 0 bridgehead atoms. The van der Waals surface area contributed by atoms with Crippen LogP contribution in [0.3, 0.4) is 0 Å². The van der Waals surface area contributed by atoms with Crippen LogP contribution in [0.15, 0.2) is 61.6 Å². The molecule has 4 rings (SSSR count). The van der Waals surface area contributed by atoms with Gasteiger partial charge in [-0.25, -0.2) is 4.98 Å². The number of hydrogen-bond donors (Lipinski definition) is 0. The van der Waals surface area contributed by atoms with E-state index < -0.39 is 0 Å². The Labute approximate surface area is 159 Å². The number of hydrogen-bond acceptors (Lipinski definition) is 7. The summed E-state index contributed by atoms with van der Waals surface area (Å²) < 4.78 is 12.3. The minimum absolute atomic E-state index is 0.100. The summed E-state index contributed by atoms with van der Waals surface area (Å²) in [5, 5.41) is 5.13. The fourth-order valence-electron chi connectivity index (χ4n) is 2.76. The van der Waals surface area contributed by atoms with E-state index in [-0.39, 0.29) is 5.56 Å². The summed E-state index contributed by atoms with van der Waals surface area (Å²) in [7, 11) is 0. The van der Waals surface area contributed by atoms with Gasteiger partial charge in [-0.15, -0.1) is 0 Å². The van der Waals surface area contributed by atoms with Crippen LogP contribution in [-0.4, -0.2) is 19.7 Å². The highest BCUT2D eigenvalue weighted by Gasteiger charge is 2.15. The maximum Gasteiger partial charge on any atom is 0.262 e. The van der Waals surface area contributed by atoms with Gasteiger partial charge in [0.2, 0.25) is 5.89 Å². The van der Waals surface area contributed by atoms with Crippen molar-refractivity contribution in [1.82, 2.24) is 19.7 Å². The summed E-state index contributed by atoms with van der Waals surface area (Å²) in [6.45, 7) is 2.38. The van der Waals surface area contributed by atoms with E-state index in [4.69, 9.17) is 8.94 Å². The number of para-hydroxylation sites is 1. The van der Waals surface area contributed by atoms with Crippen molar-refractivity contribution in [1.29, 1.82) is 0 Å². The first kappa shape index (κ1) is 17.5. The molecule has 0 spiro atoms. The second-order valence-corrected chi connectivity index (χ2v) is 6.97. The zero-order valence-electron chi connectivity index (χ0n) is 14.8. The summed E-state index contributed by atoms with van der Waals surface area (Å²) in [6, 6.07) is 11.0. The largest absolute Gasteiger partial charge is 0.467 e. The highest BCUT2D eigenvalue weighted by atomic mass is 32.2. The maximum atomic E-state index is 13.0. The Balaban J connectivity index is 1.67. The average molecular weight is 382 g/mol. The Morgan fingerprint density at radius 1 is 1.15 bits per heavy atom. The molecule has 0 saturated carbocycles. The molecule has 0 fully saturated rings. The first-order chi connectivity index (χ1) is 13.2. The minimum Gasteiger partial charge on any atom is -0.467 e. The molecule has 3 aromatic heterocycles. The molecule has 27 heavy (non-hydrogen) atoms. The molecule has 0 aliphatic rings. The van der Waals surface area contributed by atoms with Crippen molar-refractivity contribution >= 4 is 22.7 Å². The van der Waals surface area contributed by atoms with Crippen LogP contribution in [0.2, 0.25) is 0 Å². The number of nitrogens with zero attached hydrogens (tertiary/aromatic N) is 4. The molecule has 0 atom stereocenters. The number of thioether (sulfide) groups is 1. The van der Waals surface area contributed by atoms with Crippen molar-refractivity contribution in [2.75, 3.05) is 0 Å². The van der Waals surface area contributed by atoms with Crippen molar-refractivity contribution in [2.45, 2.75) is 37.2 Å². The van der Waals surface area contributed by atoms with Gasteiger partial charge in [-0.2, -0.15) is 4.98 Å². The molecule has 0 N–H and O–H groups in total. The molecule has 0 amide bonds. The standard InChI is InChI=1S/C19H18N4O3S/c1-2-6-16-21-17(26-22-16)12-27-19-20-15-9-4-3-8-14(15)18(24)23(19)11-13-7-5-10-25-13/h3-5,7-10H,2,6,11-12H2,1H3. The highest BCUT2D eigenvalue weighted by Crippen LogP contribution is 2.22. The SMILES string of the molecule is CCCc1noc(CSc2nc3ccccc3c(=O)n2Cc2ccco2)n1. The van der Waals surface area contributed by atoms with Crippen molar-refractivity contribution in [2.24, 2.45) is 0 Å². The molecule has 0 unspecified atom stereocenters. The lowest BCUT2D eigenvalue weighted by Crippen LogP contribution is -2.23. The van der Waals surface area contributed by atoms with E-state index in [0.717, 1.165) is 12.8 Å². The second kappa shape index (κ2) is 7.79. The van der Waals surface area contributed by atoms with Crippen molar-refractivity contribution in [3.05, 3.63) is 70.5 Å². The van der Waals surface area contributed by atoms with E-state index in [0.29, 0.717) is 45.8 Å². The number of fused-ring (bicyclic) bond motifs is 1. The molecule has 0 saturated heterocycles. The molecule has 1 aromatic carbocycles. The summed E-state index contributed by atoms with van der Waals surface area (Å²) in [6.07, 6.45) is 3.34. The van der Waals surface area contributed by atoms with Gasteiger partial charge in [0.15, 0.2) is 11.0 Å². The Bertz CT molecular complexity index is 1100. The number of rotatable bonds is 7. The Kier molecular flexibility index (Phi) is 5.06. The van der Waals surface area contributed by atoms with Crippen molar-refractivity contribution in [3.63, 3.8) is 0 Å². The lowest BCUT2D eigenvalue weighted by atomic mass is 10.2. The number of aromatic nitrogens is 4. The molecule has 0 aliphatic carbocycles. The molecule has 3 heterocycles. The van der Waals surface area contributed by atoms with Crippen LogP contribution >= 0.6 is 11.8 Å². The lowest BCUT2D eigenvalue weighted by molar-refractivity contribution is 0.384. The molecular weight excluding hydrogens is 364 g/mol. The van der Waals surface area contributed by atoms with E-state index in [1.165, 1.54) is 11.8 Å².